The van der Waals surface area contributed by atoms with E-state index < -0.39 is 21.2 Å². The average molecular weight is 625 g/mol. The van der Waals surface area contributed by atoms with Crippen LogP contribution in [0.15, 0.2) is 89.9 Å². The van der Waals surface area contributed by atoms with Gasteiger partial charge in [-0.3, -0.25) is 25.2 Å². The molecular weight excluding hydrogens is 605 g/mol. The van der Waals surface area contributed by atoms with Gasteiger partial charge in [0.15, 0.2) is 11.5 Å². The van der Waals surface area contributed by atoms with Gasteiger partial charge in [-0.15, -0.1) is 0 Å². The van der Waals surface area contributed by atoms with E-state index in [4.69, 9.17) is 14.2 Å². The van der Waals surface area contributed by atoms with E-state index in [0.717, 1.165) is 17.9 Å². The molecule has 0 unspecified atom stereocenters. The van der Waals surface area contributed by atoms with Crippen molar-refractivity contribution >= 4 is 45.9 Å². The zero-order valence-electron chi connectivity index (χ0n) is 19.9. The summed E-state index contributed by atoms with van der Waals surface area (Å²) in [4.78, 5) is 25.6. The molecule has 0 aliphatic heterocycles. The van der Waals surface area contributed by atoms with E-state index in [1.807, 2.05) is 77.2 Å². The Balaban J connectivity index is 1.56. The summed E-state index contributed by atoms with van der Waals surface area (Å²) in [6.45, 7) is 2.11. The van der Waals surface area contributed by atoms with Crippen LogP contribution in [0.1, 0.15) is 12.5 Å². The van der Waals surface area contributed by atoms with E-state index in [-0.39, 0.29) is 11.5 Å². The summed E-state index contributed by atoms with van der Waals surface area (Å²) in [5, 5.41) is 22.5. The smallest absolute Gasteiger partial charge is 0.318 e. The van der Waals surface area contributed by atoms with E-state index in [0.29, 0.717) is 32.9 Å². The monoisotopic (exact) mass is 625 g/mol. The zero-order chi connectivity index (χ0) is 27.1. The Bertz CT molecular complexity index is 1490. The standard InChI is InChI=1S/C27H20IN3O7/c1-2-36-26-15-18(17-29-19-8-11-22(12-9-19)37-21-6-4-3-5-7-21)14-23(28)27(26)38-25-13-10-20(30(32)33)16-24(25)31(34)35/h3-17H,2H2,1H3. The molecule has 10 nitrogen and oxygen atoms in total. The average Bonchev–Trinajstić information content (AvgIpc) is 2.91. The molecule has 0 aromatic heterocycles. The normalized spacial score (nSPS) is 10.8. The molecule has 0 amide bonds. The van der Waals surface area contributed by atoms with Gasteiger partial charge in [-0.2, -0.15) is 0 Å². The van der Waals surface area contributed by atoms with E-state index >= 15 is 0 Å². The van der Waals surface area contributed by atoms with Crippen LogP contribution in [0.3, 0.4) is 0 Å². The maximum Gasteiger partial charge on any atom is 0.318 e. The molecule has 0 bridgehead atoms. The largest absolute Gasteiger partial charge is 0.490 e. The van der Waals surface area contributed by atoms with E-state index in [2.05, 4.69) is 4.99 Å². The summed E-state index contributed by atoms with van der Waals surface area (Å²) in [5.41, 5.74) is 0.492. The van der Waals surface area contributed by atoms with Crippen LogP contribution >= 0.6 is 22.6 Å². The highest BCUT2D eigenvalue weighted by Crippen LogP contribution is 2.41. The highest BCUT2D eigenvalue weighted by atomic mass is 127. The fourth-order valence-corrected chi connectivity index (χ4v) is 4.09. The third-order valence-electron chi connectivity index (χ3n) is 5.07. The second-order valence-electron chi connectivity index (χ2n) is 7.70. The minimum absolute atomic E-state index is 0.140. The van der Waals surface area contributed by atoms with Crippen LogP contribution in [-0.2, 0) is 0 Å². The van der Waals surface area contributed by atoms with Crippen molar-refractivity contribution in [3.63, 3.8) is 0 Å². The molecule has 0 saturated carbocycles. The van der Waals surface area contributed by atoms with Crippen LogP contribution in [0, 0.1) is 23.8 Å². The Labute approximate surface area is 231 Å². The second-order valence-corrected chi connectivity index (χ2v) is 8.86. The molecule has 4 rings (SSSR count). The number of hydrogen-bond acceptors (Lipinski definition) is 8. The quantitative estimate of drug-likeness (QED) is 0.0761. The lowest BCUT2D eigenvalue weighted by atomic mass is 10.2. The summed E-state index contributed by atoms with van der Waals surface area (Å²) in [6, 6.07) is 23.4. The van der Waals surface area contributed by atoms with Gasteiger partial charge in [0.2, 0.25) is 5.75 Å². The number of benzene rings is 4. The molecule has 0 atom stereocenters. The Morgan fingerprint density at radius 2 is 1.55 bits per heavy atom. The van der Waals surface area contributed by atoms with Crippen LogP contribution in [0.4, 0.5) is 17.1 Å². The Morgan fingerprint density at radius 3 is 2.21 bits per heavy atom. The van der Waals surface area contributed by atoms with Gasteiger partial charge >= 0.3 is 5.69 Å². The molecule has 0 aliphatic rings. The lowest BCUT2D eigenvalue weighted by Crippen LogP contribution is -2.01. The lowest BCUT2D eigenvalue weighted by Gasteiger charge is -2.14. The van der Waals surface area contributed by atoms with Gasteiger partial charge in [0, 0.05) is 12.3 Å². The van der Waals surface area contributed by atoms with Crippen molar-refractivity contribution in [2.24, 2.45) is 4.99 Å². The number of halogens is 1. The van der Waals surface area contributed by atoms with Gasteiger partial charge in [0.25, 0.3) is 5.69 Å². The number of hydrogen-bond donors (Lipinski definition) is 0. The molecule has 192 valence electrons. The molecule has 0 saturated heterocycles. The predicted octanol–water partition coefficient (Wildman–Crippen LogP) is 7.84. The molecule has 0 radical (unpaired) electrons. The van der Waals surface area contributed by atoms with Crippen molar-refractivity contribution in [2.45, 2.75) is 6.92 Å². The molecule has 0 spiro atoms. The number of nitrogens with zero attached hydrogens (tertiary/aromatic N) is 3. The fraction of sp³-hybridized carbons (Fsp3) is 0.0741. The fourth-order valence-electron chi connectivity index (χ4n) is 3.36. The molecule has 11 heteroatoms. The maximum atomic E-state index is 11.5. The number of non-ortho nitro benzene ring substituents is 1. The van der Waals surface area contributed by atoms with Crippen molar-refractivity contribution in [3.8, 4) is 28.7 Å². The molecule has 0 N–H and O–H groups in total. The first-order valence-corrected chi connectivity index (χ1v) is 12.4. The molecule has 0 fully saturated rings. The van der Waals surface area contributed by atoms with Gasteiger partial charge in [-0.1, -0.05) is 18.2 Å². The van der Waals surface area contributed by atoms with Gasteiger partial charge in [0.05, 0.1) is 31.8 Å². The first-order chi connectivity index (χ1) is 18.3. The number of para-hydroxylation sites is 1. The first kappa shape index (κ1) is 26.5. The third-order valence-corrected chi connectivity index (χ3v) is 5.87. The van der Waals surface area contributed by atoms with Crippen LogP contribution in [0.25, 0.3) is 0 Å². The molecule has 0 heterocycles. The Morgan fingerprint density at radius 1 is 0.842 bits per heavy atom. The van der Waals surface area contributed by atoms with Crippen molar-refractivity contribution in [1.29, 1.82) is 0 Å². The second kappa shape index (κ2) is 12.1. The summed E-state index contributed by atoms with van der Waals surface area (Å²) < 4.78 is 18.0. The molecule has 38 heavy (non-hydrogen) atoms. The van der Waals surface area contributed by atoms with Crippen LogP contribution in [0.5, 0.6) is 28.7 Å². The number of ether oxygens (including phenoxy) is 3. The summed E-state index contributed by atoms with van der Waals surface area (Å²) >= 11 is 2.03. The summed E-state index contributed by atoms with van der Waals surface area (Å²) in [5.74, 6) is 1.89. The van der Waals surface area contributed by atoms with E-state index in [9.17, 15) is 20.2 Å². The van der Waals surface area contributed by atoms with Crippen LogP contribution < -0.4 is 14.2 Å². The SMILES string of the molecule is CCOc1cc(C=Nc2ccc(Oc3ccccc3)cc2)cc(I)c1Oc1ccc([N+](=O)[O-])cc1[N+](=O)[O-]. The first-order valence-electron chi connectivity index (χ1n) is 11.3. The van der Waals surface area contributed by atoms with E-state index in [1.54, 1.807) is 25.3 Å². The number of rotatable bonds is 10. The molecule has 0 aliphatic carbocycles. The Hall–Kier alpha value is -4.52. The highest BCUT2D eigenvalue weighted by molar-refractivity contribution is 14.1. The maximum absolute atomic E-state index is 11.5. The van der Waals surface area contributed by atoms with E-state index in [1.165, 1.54) is 6.07 Å². The van der Waals surface area contributed by atoms with Gasteiger partial charge < -0.3 is 14.2 Å². The van der Waals surface area contributed by atoms with Crippen molar-refractivity contribution in [2.75, 3.05) is 6.61 Å². The van der Waals surface area contributed by atoms with Crippen LogP contribution in [0.2, 0.25) is 0 Å². The van der Waals surface area contributed by atoms with Gasteiger partial charge in [0.1, 0.15) is 11.5 Å². The van der Waals surface area contributed by atoms with Crippen LogP contribution in [-0.4, -0.2) is 22.7 Å². The van der Waals surface area contributed by atoms with Crippen molar-refractivity contribution in [1.82, 2.24) is 0 Å². The molecule has 4 aromatic carbocycles. The number of nitro groups is 2. The summed E-state index contributed by atoms with van der Waals surface area (Å²) in [6.07, 6.45) is 1.66. The summed E-state index contributed by atoms with van der Waals surface area (Å²) in [7, 11) is 0. The number of aliphatic imine (C=N–C) groups is 1. The van der Waals surface area contributed by atoms with Crippen molar-refractivity contribution in [3.05, 3.63) is 114 Å². The van der Waals surface area contributed by atoms with Gasteiger partial charge in [-0.25, -0.2) is 0 Å². The predicted molar refractivity (Wildman–Crippen MR) is 150 cm³/mol. The van der Waals surface area contributed by atoms with Crippen molar-refractivity contribution < 1.29 is 24.1 Å². The minimum Gasteiger partial charge on any atom is -0.490 e. The topological polar surface area (TPSA) is 126 Å². The molecular formula is C27H20IN3O7. The zero-order valence-corrected chi connectivity index (χ0v) is 22.1. The lowest BCUT2D eigenvalue weighted by molar-refractivity contribution is -0.394. The minimum atomic E-state index is -0.729. The number of nitro benzene ring substituents is 2. The highest BCUT2D eigenvalue weighted by Gasteiger charge is 2.23. The Kier molecular flexibility index (Phi) is 8.48. The third kappa shape index (κ3) is 6.62. The van der Waals surface area contributed by atoms with Gasteiger partial charge in [-0.05, 0) is 89.7 Å². The molecule has 4 aromatic rings.